The predicted octanol–water partition coefficient (Wildman–Crippen LogP) is 5.72. The van der Waals surface area contributed by atoms with Gasteiger partial charge in [0.15, 0.2) is 11.5 Å². The SMILES string of the molecule is CC1CCCN(c2cc(Nc3ccccc3C(=O)O)c3c4c(onc24)-c2ccccc2C3=O)C1. The summed E-state index contributed by atoms with van der Waals surface area (Å²) in [5.74, 6) is -0.0636. The zero-order valence-corrected chi connectivity index (χ0v) is 18.7. The number of rotatable bonds is 4. The third-order valence-corrected chi connectivity index (χ3v) is 6.80. The number of carbonyl (C=O) groups is 2. The minimum Gasteiger partial charge on any atom is -0.478 e. The van der Waals surface area contributed by atoms with E-state index in [1.54, 1.807) is 30.3 Å². The van der Waals surface area contributed by atoms with Crippen LogP contribution in [0.1, 0.15) is 46.0 Å². The van der Waals surface area contributed by atoms with E-state index in [2.05, 4.69) is 22.3 Å². The highest BCUT2D eigenvalue weighted by Gasteiger charge is 2.34. The molecular weight excluding hydrogens is 430 g/mol. The smallest absolute Gasteiger partial charge is 0.337 e. The molecule has 1 aromatic heterocycles. The number of carboxylic acid groups (broad SMARTS) is 1. The number of aromatic carboxylic acids is 1. The highest BCUT2D eigenvalue weighted by atomic mass is 16.5. The van der Waals surface area contributed by atoms with Gasteiger partial charge in [0.05, 0.1) is 33.6 Å². The first-order chi connectivity index (χ1) is 16.5. The lowest BCUT2D eigenvalue weighted by atomic mass is 9.86. The molecule has 0 bridgehead atoms. The van der Waals surface area contributed by atoms with Crippen LogP contribution in [0.5, 0.6) is 0 Å². The zero-order chi connectivity index (χ0) is 23.4. The van der Waals surface area contributed by atoms with E-state index in [0.717, 1.165) is 30.8 Å². The fourth-order valence-corrected chi connectivity index (χ4v) is 5.21. The Morgan fingerprint density at radius 1 is 1.12 bits per heavy atom. The monoisotopic (exact) mass is 453 g/mol. The normalized spacial score (nSPS) is 17.0. The van der Waals surface area contributed by atoms with Crippen molar-refractivity contribution in [3.63, 3.8) is 0 Å². The van der Waals surface area contributed by atoms with Crippen molar-refractivity contribution in [3.05, 3.63) is 71.3 Å². The van der Waals surface area contributed by atoms with Crippen molar-refractivity contribution in [1.82, 2.24) is 5.16 Å². The van der Waals surface area contributed by atoms with Crippen LogP contribution >= 0.6 is 0 Å². The van der Waals surface area contributed by atoms with Gasteiger partial charge in [0.1, 0.15) is 5.52 Å². The summed E-state index contributed by atoms with van der Waals surface area (Å²) in [5.41, 5.74) is 4.40. The van der Waals surface area contributed by atoms with E-state index in [1.165, 1.54) is 6.42 Å². The summed E-state index contributed by atoms with van der Waals surface area (Å²) in [5, 5.41) is 18.1. The van der Waals surface area contributed by atoms with E-state index in [0.29, 0.717) is 45.1 Å². The molecule has 0 radical (unpaired) electrons. The summed E-state index contributed by atoms with van der Waals surface area (Å²) in [6.45, 7) is 4.00. The quantitative estimate of drug-likeness (QED) is 0.359. The van der Waals surface area contributed by atoms with E-state index < -0.39 is 5.97 Å². The van der Waals surface area contributed by atoms with Crippen LogP contribution in [0, 0.1) is 5.92 Å². The van der Waals surface area contributed by atoms with Crippen LogP contribution in [0.3, 0.4) is 0 Å². The number of para-hydroxylation sites is 1. The van der Waals surface area contributed by atoms with Gasteiger partial charge >= 0.3 is 5.97 Å². The summed E-state index contributed by atoms with van der Waals surface area (Å²) >= 11 is 0. The van der Waals surface area contributed by atoms with E-state index in [1.807, 2.05) is 24.3 Å². The maximum atomic E-state index is 13.7. The van der Waals surface area contributed by atoms with Crippen LogP contribution in [0.25, 0.3) is 22.2 Å². The molecule has 0 saturated carbocycles. The van der Waals surface area contributed by atoms with Gasteiger partial charge in [-0.05, 0) is 37.0 Å². The maximum absolute atomic E-state index is 13.7. The number of aromatic nitrogens is 1. The number of anilines is 3. The van der Waals surface area contributed by atoms with Crippen LogP contribution in [-0.4, -0.2) is 35.1 Å². The standard InChI is InChI=1S/C27H23N3O4/c1-15-7-6-12-30(14-15)21-13-20(28-19-11-5-4-10-18(19)27(32)33)22-23-24(21)29-34-26(23)17-9-3-2-8-16(17)25(22)31/h2-5,8-11,13,15,28H,6-7,12,14H2,1H3,(H,32,33). The topological polar surface area (TPSA) is 95.7 Å². The lowest BCUT2D eigenvalue weighted by Gasteiger charge is -2.33. The van der Waals surface area contributed by atoms with Crippen LogP contribution in [0.4, 0.5) is 17.1 Å². The molecule has 1 aliphatic heterocycles. The number of nitrogens with zero attached hydrogens (tertiary/aromatic N) is 2. The lowest BCUT2D eigenvalue weighted by molar-refractivity contribution is 0.0698. The molecule has 1 fully saturated rings. The van der Waals surface area contributed by atoms with E-state index in [-0.39, 0.29) is 11.3 Å². The third-order valence-electron chi connectivity index (χ3n) is 6.80. The predicted molar refractivity (Wildman–Crippen MR) is 130 cm³/mol. The first-order valence-electron chi connectivity index (χ1n) is 11.5. The number of carbonyl (C=O) groups excluding carboxylic acids is 1. The molecule has 3 aromatic carbocycles. The molecule has 34 heavy (non-hydrogen) atoms. The first kappa shape index (κ1) is 20.5. The second-order valence-electron chi connectivity index (χ2n) is 9.10. The molecule has 1 unspecified atom stereocenters. The second kappa shape index (κ2) is 7.73. The summed E-state index contributed by atoms with van der Waals surface area (Å²) in [4.78, 5) is 27.9. The van der Waals surface area contributed by atoms with Crippen LogP contribution in [0.15, 0.2) is 59.1 Å². The number of fused-ring (bicyclic) bond motifs is 2. The molecule has 2 N–H and O–H groups in total. The minimum atomic E-state index is -1.04. The highest BCUT2D eigenvalue weighted by molar-refractivity contribution is 6.29. The van der Waals surface area contributed by atoms with Crippen LogP contribution in [-0.2, 0) is 0 Å². The Kier molecular flexibility index (Phi) is 4.65. The van der Waals surface area contributed by atoms with Crippen molar-refractivity contribution in [1.29, 1.82) is 0 Å². The maximum Gasteiger partial charge on any atom is 0.337 e. The molecule has 4 aromatic rings. The summed E-state index contributed by atoms with van der Waals surface area (Å²) in [6, 6.07) is 16.0. The Bertz CT molecular complexity index is 1470. The molecular formula is C27H23N3O4. The van der Waals surface area contributed by atoms with Crippen molar-refractivity contribution >= 4 is 39.7 Å². The molecule has 2 heterocycles. The van der Waals surface area contributed by atoms with Crippen LogP contribution in [0.2, 0.25) is 0 Å². The van der Waals surface area contributed by atoms with Gasteiger partial charge in [0.2, 0.25) is 0 Å². The van der Waals surface area contributed by atoms with Gasteiger partial charge in [-0.15, -0.1) is 0 Å². The van der Waals surface area contributed by atoms with Crippen molar-refractivity contribution in [3.8, 4) is 11.3 Å². The Labute approximate surface area is 196 Å². The van der Waals surface area contributed by atoms with Gasteiger partial charge in [-0.25, -0.2) is 4.79 Å². The van der Waals surface area contributed by atoms with Gasteiger partial charge in [0.25, 0.3) is 0 Å². The minimum absolute atomic E-state index is 0.134. The number of carboxylic acids is 1. The Balaban J connectivity index is 1.61. The summed E-state index contributed by atoms with van der Waals surface area (Å²) in [7, 11) is 0. The van der Waals surface area contributed by atoms with Gasteiger partial charge in [-0.2, -0.15) is 0 Å². The molecule has 7 nitrogen and oxygen atoms in total. The zero-order valence-electron chi connectivity index (χ0n) is 18.7. The van der Waals surface area contributed by atoms with Crippen molar-refractivity contribution in [2.75, 3.05) is 23.3 Å². The van der Waals surface area contributed by atoms with E-state index in [9.17, 15) is 14.7 Å². The van der Waals surface area contributed by atoms with Crippen LogP contribution < -0.4 is 10.2 Å². The second-order valence-corrected chi connectivity index (χ2v) is 9.10. The van der Waals surface area contributed by atoms with Gasteiger partial charge in [0, 0.05) is 24.2 Å². The number of hydrogen-bond donors (Lipinski definition) is 2. The van der Waals surface area contributed by atoms with Crippen molar-refractivity contribution in [2.24, 2.45) is 5.92 Å². The average Bonchev–Trinajstić information content (AvgIpc) is 3.28. The van der Waals surface area contributed by atoms with Gasteiger partial charge in [-0.1, -0.05) is 48.5 Å². The highest BCUT2D eigenvalue weighted by Crippen LogP contribution is 2.46. The molecule has 0 spiro atoms. The Morgan fingerprint density at radius 3 is 2.68 bits per heavy atom. The van der Waals surface area contributed by atoms with Gasteiger partial charge in [-0.3, -0.25) is 4.79 Å². The third kappa shape index (κ3) is 3.08. The average molecular weight is 453 g/mol. The lowest BCUT2D eigenvalue weighted by Crippen LogP contribution is -2.34. The molecule has 1 atom stereocenters. The number of hydrogen-bond acceptors (Lipinski definition) is 6. The molecule has 170 valence electrons. The molecule has 6 rings (SSSR count). The van der Waals surface area contributed by atoms with Crippen molar-refractivity contribution < 1.29 is 19.2 Å². The number of benzene rings is 3. The molecule has 1 saturated heterocycles. The largest absolute Gasteiger partial charge is 0.478 e. The molecule has 1 aliphatic carbocycles. The fraction of sp³-hybridized carbons (Fsp3) is 0.222. The fourth-order valence-electron chi connectivity index (χ4n) is 5.21. The number of nitrogens with one attached hydrogen (secondary N) is 1. The summed E-state index contributed by atoms with van der Waals surface area (Å²) < 4.78 is 5.85. The summed E-state index contributed by atoms with van der Waals surface area (Å²) in [6.07, 6.45) is 2.24. The van der Waals surface area contributed by atoms with Gasteiger partial charge < -0.3 is 19.8 Å². The Hall–Kier alpha value is -4.13. The molecule has 7 heteroatoms. The molecule has 0 amide bonds. The van der Waals surface area contributed by atoms with E-state index >= 15 is 0 Å². The number of ketones is 1. The number of piperidine rings is 1. The van der Waals surface area contributed by atoms with E-state index in [4.69, 9.17) is 4.52 Å². The Morgan fingerprint density at radius 2 is 1.88 bits per heavy atom. The first-order valence-corrected chi connectivity index (χ1v) is 11.5. The van der Waals surface area contributed by atoms with Crippen molar-refractivity contribution in [2.45, 2.75) is 19.8 Å². The molecule has 2 aliphatic rings.